The van der Waals surface area contributed by atoms with Gasteiger partial charge >= 0.3 is 5.97 Å². The van der Waals surface area contributed by atoms with E-state index in [1.54, 1.807) is 4.90 Å². The van der Waals surface area contributed by atoms with Gasteiger partial charge in [0.05, 0.1) is 12.0 Å². The van der Waals surface area contributed by atoms with Gasteiger partial charge in [-0.05, 0) is 30.4 Å². The van der Waals surface area contributed by atoms with E-state index >= 15 is 0 Å². The molecule has 0 bridgehead atoms. The lowest BCUT2D eigenvalue weighted by atomic mass is 9.88. The van der Waals surface area contributed by atoms with E-state index in [4.69, 9.17) is 5.11 Å². The summed E-state index contributed by atoms with van der Waals surface area (Å²) in [5.41, 5.74) is 2.44. The van der Waals surface area contributed by atoms with Crippen molar-refractivity contribution in [2.75, 3.05) is 6.54 Å². The van der Waals surface area contributed by atoms with Gasteiger partial charge in [-0.2, -0.15) is 0 Å². The van der Waals surface area contributed by atoms with Crippen LogP contribution in [0.25, 0.3) is 0 Å². The van der Waals surface area contributed by atoms with Gasteiger partial charge in [0, 0.05) is 13.0 Å². The van der Waals surface area contributed by atoms with Gasteiger partial charge in [0.15, 0.2) is 0 Å². The molecule has 1 fully saturated rings. The van der Waals surface area contributed by atoms with Crippen LogP contribution in [0.3, 0.4) is 0 Å². The van der Waals surface area contributed by atoms with Crippen LogP contribution in [0.2, 0.25) is 0 Å². The molecule has 1 unspecified atom stereocenters. The van der Waals surface area contributed by atoms with Crippen LogP contribution in [-0.4, -0.2) is 28.4 Å². The summed E-state index contributed by atoms with van der Waals surface area (Å²) in [6.07, 6.45) is 2.65. The van der Waals surface area contributed by atoms with Crippen molar-refractivity contribution in [2.24, 2.45) is 5.92 Å². The number of benzene rings is 1. The van der Waals surface area contributed by atoms with Gasteiger partial charge in [-0.1, -0.05) is 24.3 Å². The number of carbonyl (C=O) groups is 2. The fourth-order valence-electron chi connectivity index (χ4n) is 3.24. The Morgan fingerprint density at radius 3 is 2.79 bits per heavy atom. The molecule has 2 aliphatic rings. The van der Waals surface area contributed by atoms with E-state index in [1.807, 2.05) is 12.1 Å². The minimum atomic E-state index is -0.788. The zero-order valence-electron chi connectivity index (χ0n) is 10.7. The summed E-state index contributed by atoms with van der Waals surface area (Å²) in [6.45, 7) is 0.354. The average Bonchev–Trinajstić information content (AvgIpc) is 2.57. The molecule has 4 nitrogen and oxygen atoms in total. The minimum Gasteiger partial charge on any atom is -0.481 e. The maximum atomic E-state index is 12.2. The number of fused-ring (bicyclic) bond motifs is 3. The lowest BCUT2D eigenvalue weighted by molar-refractivity contribution is -0.147. The van der Waals surface area contributed by atoms with Crippen LogP contribution in [0.5, 0.6) is 0 Å². The van der Waals surface area contributed by atoms with E-state index in [-0.39, 0.29) is 11.9 Å². The summed E-state index contributed by atoms with van der Waals surface area (Å²) in [6, 6.07) is 8.22. The van der Waals surface area contributed by atoms with Gasteiger partial charge in [0.25, 0.3) is 0 Å². The number of aliphatic carboxylic acids is 1. The zero-order chi connectivity index (χ0) is 13.4. The van der Waals surface area contributed by atoms with Crippen LogP contribution in [-0.2, 0) is 16.0 Å². The molecule has 3 rings (SSSR count). The number of nitrogens with zero attached hydrogens (tertiary/aromatic N) is 1. The Labute approximate surface area is 112 Å². The topological polar surface area (TPSA) is 57.6 Å². The molecular weight excluding hydrogens is 242 g/mol. The van der Waals surface area contributed by atoms with Crippen LogP contribution >= 0.6 is 0 Å². The van der Waals surface area contributed by atoms with Crippen molar-refractivity contribution in [3.8, 4) is 0 Å². The van der Waals surface area contributed by atoms with Gasteiger partial charge in [0.1, 0.15) is 0 Å². The fourth-order valence-corrected chi connectivity index (χ4v) is 3.24. The third-order valence-corrected chi connectivity index (χ3v) is 4.27. The number of hydrogen-bond donors (Lipinski definition) is 1. The first-order valence-electron chi connectivity index (χ1n) is 6.77. The van der Waals surface area contributed by atoms with Gasteiger partial charge in [-0.3, -0.25) is 9.59 Å². The van der Waals surface area contributed by atoms with Crippen molar-refractivity contribution in [1.82, 2.24) is 4.90 Å². The summed E-state index contributed by atoms with van der Waals surface area (Å²) in [5, 5.41) is 9.14. The first-order valence-corrected chi connectivity index (χ1v) is 6.77. The Morgan fingerprint density at radius 1 is 1.21 bits per heavy atom. The number of carbonyl (C=O) groups excluding carboxylic acids is 1. The highest BCUT2D eigenvalue weighted by Crippen LogP contribution is 2.37. The van der Waals surface area contributed by atoms with Crippen LogP contribution in [0, 0.1) is 5.92 Å². The molecule has 1 aromatic rings. The maximum absolute atomic E-state index is 12.2. The second kappa shape index (κ2) is 4.68. The molecule has 4 heteroatoms. The van der Waals surface area contributed by atoms with Crippen LogP contribution in [0.15, 0.2) is 24.3 Å². The highest BCUT2D eigenvalue weighted by atomic mass is 16.4. The van der Waals surface area contributed by atoms with Gasteiger partial charge in [0.2, 0.25) is 5.91 Å². The summed E-state index contributed by atoms with van der Waals surface area (Å²) in [4.78, 5) is 25.1. The number of amides is 1. The minimum absolute atomic E-state index is 0.0711. The standard InChI is InChI=1S/C15H17NO3/c17-14-8-6-10-3-1-2-4-12(10)13-7-5-11(15(18)19)9-16(13)14/h1-4,11,13H,5-9H2,(H,18,19)/t11-,13?/m0/s1. The molecule has 2 heterocycles. The Balaban J connectivity index is 1.95. The summed E-state index contributed by atoms with van der Waals surface area (Å²) in [5.74, 6) is -1.11. The molecule has 1 N–H and O–H groups in total. The molecule has 1 aromatic carbocycles. The monoisotopic (exact) mass is 259 g/mol. The molecule has 0 spiro atoms. The number of rotatable bonds is 1. The number of carboxylic acids is 1. The Hall–Kier alpha value is -1.84. The predicted molar refractivity (Wildman–Crippen MR) is 69.6 cm³/mol. The highest BCUT2D eigenvalue weighted by Gasteiger charge is 2.37. The molecule has 0 saturated carbocycles. The van der Waals surface area contributed by atoms with E-state index in [0.717, 1.165) is 12.8 Å². The highest BCUT2D eigenvalue weighted by molar-refractivity contribution is 5.79. The zero-order valence-corrected chi connectivity index (χ0v) is 10.7. The van der Waals surface area contributed by atoms with Gasteiger partial charge in [-0.15, -0.1) is 0 Å². The van der Waals surface area contributed by atoms with Crippen LogP contribution < -0.4 is 0 Å². The molecular formula is C15H17NO3. The number of hydrogen-bond acceptors (Lipinski definition) is 2. The van der Waals surface area contributed by atoms with Crippen molar-refractivity contribution in [3.63, 3.8) is 0 Å². The van der Waals surface area contributed by atoms with E-state index < -0.39 is 11.9 Å². The number of aryl methyl sites for hydroxylation is 1. The van der Waals surface area contributed by atoms with Crippen molar-refractivity contribution in [3.05, 3.63) is 35.4 Å². The second-order valence-electron chi connectivity index (χ2n) is 5.37. The first-order chi connectivity index (χ1) is 9.16. The largest absolute Gasteiger partial charge is 0.481 e. The maximum Gasteiger partial charge on any atom is 0.308 e. The lowest BCUT2D eigenvalue weighted by Gasteiger charge is -2.38. The first kappa shape index (κ1) is 12.2. The molecule has 0 aromatic heterocycles. The van der Waals surface area contributed by atoms with E-state index in [1.165, 1.54) is 11.1 Å². The van der Waals surface area contributed by atoms with Crippen molar-refractivity contribution < 1.29 is 14.7 Å². The third kappa shape index (κ3) is 2.11. The molecule has 19 heavy (non-hydrogen) atoms. The molecule has 1 saturated heterocycles. The third-order valence-electron chi connectivity index (χ3n) is 4.27. The Kier molecular flexibility index (Phi) is 3.01. The second-order valence-corrected chi connectivity index (χ2v) is 5.37. The Morgan fingerprint density at radius 2 is 2.00 bits per heavy atom. The van der Waals surface area contributed by atoms with E-state index in [0.29, 0.717) is 19.4 Å². The SMILES string of the molecule is O=C(O)[C@H]1CCC2c3ccccc3CCC(=O)N2C1. The molecule has 1 amide bonds. The van der Waals surface area contributed by atoms with Gasteiger partial charge in [-0.25, -0.2) is 0 Å². The molecule has 2 aliphatic heterocycles. The van der Waals surface area contributed by atoms with Gasteiger partial charge < -0.3 is 10.0 Å². The lowest BCUT2D eigenvalue weighted by Crippen LogP contribution is -2.43. The van der Waals surface area contributed by atoms with Crippen molar-refractivity contribution in [1.29, 1.82) is 0 Å². The fraction of sp³-hybridized carbons (Fsp3) is 0.467. The summed E-state index contributed by atoms with van der Waals surface area (Å²) >= 11 is 0. The molecule has 0 aliphatic carbocycles. The van der Waals surface area contributed by atoms with Crippen LogP contribution in [0.1, 0.15) is 36.4 Å². The van der Waals surface area contributed by atoms with Crippen molar-refractivity contribution in [2.45, 2.75) is 31.7 Å². The average molecular weight is 259 g/mol. The predicted octanol–water partition coefficient (Wildman–Crippen LogP) is 2.00. The number of carboxylic acid groups (broad SMARTS) is 1. The normalized spacial score (nSPS) is 26.3. The number of piperidine rings is 1. The van der Waals surface area contributed by atoms with E-state index in [2.05, 4.69) is 12.1 Å². The molecule has 100 valence electrons. The van der Waals surface area contributed by atoms with Crippen LogP contribution in [0.4, 0.5) is 0 Å². The summed E-state index contributed by atoms with van der Waals surface area (Å²) in [7, 11) is 0. The van der Waals surface area contributed by atoms with E-state index in [9.17, 15) is 9.59 Å². The smallest absolute Gasteiger partial charge is 0.308 e. The molecule has 2 atom stereocenters. The summed E-state index contributed by atoms with van der Waals surface area (Å²) < 4.78 is 0. The van der Waals surface area contributed by atoms with Crippen molar-refractivity contribution >= 4 is 11.9 Å². The Bertz CT molecular complexity index is 526. The molecule has 0 radical (unpaired) electrons. The quantitative estimate of drug-likeness (QED) is 0.839.